The summed E-state index contributed by atoms with van der Waals surface area (Å²) in [4.78, 5) is 6.62. The number of nitrogens with zero attached hydrogens (tertiary/aromatic N) is 7. The Labute approximate surface area is 299 Å². The van der Waals surface area contributed by atoms with Crippen molar-refractivity contribution in [1.82, 2.24) is 23.7 Å². The molecule has 0 amide bonds. The minimum atomic E-state index is 0.397. The summed E-state index contributed by atoms with van der Waals surface area (Å²) in [5, 5.41) is 10.3. The molecule has 5 aromatic carbocycles. The predicted octanol–water partition coefficient (Wildman–Crippen LogP) is 10.9. The standard InChI is InChI=1S/C42H45N7S/c1-28(2)25-47(33-13-9-7-10-14-33)35-21-17-31(18-22-35)37-39-40(44-49(43-39)27-30(5)6)38(42-41(37)45-50-46-42)32-19-23-36(24-20-32)48(26-29(3)4)34-15-11-8-12-16-34/h7-24,28-30H,25-27H2,1-6H3. The molecule has 0 bridgehead atoms. The van der Waals surface area contributed by atoms with Gasteiger partial charge in [0.2, 0.25) is 0 Å². The van der Waals surface area contributed by atoms with Gasteiger partial charge in [-0.2, -0.15) is 23.7 Å². The van der Waals surface area contributed by atoms with Crippen molar-refractivity contribution >= 4 is 56.5 Å². The van der Waals surface area contributed by atoms with Crippen LogP contribution >= 0.6 is 11.7 Å². The van der Waals surface area contributed by atoms with Crippen molar-refractivity contribution in [3.05, 3.63) is 109 Å². The lowest BCUT2D eigenvalue weighted by Gasteiger charge is -2.27. The fraction of sp³-hybridized carbons (Fsp3) is 0.286. The second-order valence-corrected chi connectivity index (χ2v) is 14.9. The van der Waals surface area contributed by atoms with E-state index in [1.807, 2.05) is 4.80 Å². The van der Waals surface area contributed by atoms with Gasteiger partial charge in [0.1, 0.15) is 11.0 Å². The van der Waals surface area contributed by atoms with Gasteiger partial charge >= 0.3 is 0 Å². The van der Waals surface area contributed by atoms with Crippen LogP contribution in [0.5, 0.6) is 0 Å². The average Bonchev–Trinajstić information content (AvgIpc) is 3.76. The summed E-state index contributed by atoms with van der Waals surface area (Å²) in [7, 11) is 0. The van der Waals surface area contributed by atoms with Gasteiger partial charge in [-0.3, -0.25) is 0 Å². The molecular formula is C42H45N7S. The van der Waals surface area contributed by atoms with E-state index >= 15 is 0 Å². The maximum absolute atomic E-state index is 5.13. The Bertz CT molecular complexity index is 2020. The molecule has 7 nitrogen and oxygen atoms in total. The van der Waals surface area contributed by atoms with E-state index < -0.39 is 0 Å². The topological polar surface area (TPSA) is 64.2 Å². The second kappa shape index (κ2) is 14.4. The van der Waals surface area contributed by atoms with Crippen molar-refractivity contribution in [1.29, 1.82) is 0 Å². The fourth-order valence-electron chi connectivity index (χ4n) is 6.66. The highest BCUT2D eigenvalue weighted by Gasteiger charge is 2.23. The molecular weight excluding hydrogens is 635 g/mol. The summed E-state index contributed by atoms with van der Waals surface area (Å²) in [6.45, 7) is 16.0. The van der Waals surface area contributed by atoms with Crippen molar-refractivity contribution < 1.29 is 0 Å². The number of aromatic nitrogens is 5. The number of para-hydroxylation sites is 2. The summed E-state index contributed by atoms with van der Waals surface area (Å²) < 4.78 is 9.80. The van der Waals surface area contributed by atoms with Gasteiger partial charge in [-0.15, -0.1) is 0 Å². The smallest absolute Gasteiger partial charge is 0.279 e. The molecule has 50 heavy (non-hydrogen) atoms. The summed E-state index contributed by atoms with van der Waals surface area (Å²) in [5.74, 6) is 1.41. The second-order valence-electron chi connectivity index (χ2n) is 14.3. The molecule has 0 aliphatic carbocycles. The molecule has 0 atom stereocenters. The van der Waals surface area contributed by atoms with E-state index in [2.05, 4.69) is 161 Å². The summed E-state index contributed by atoms with van der Waals surface area (Å²) in [6.07, 6.45) is 0. The molecule has 7 aromatic rings. The molecule has 0 spiro atoms. The number of benzene rings is 5. The van der Waals surface area contributed by atoms with E-state index in [4.69, 9.17) is 18.9 Å². The monoisotopic (exact) mass is 679 g/mol. The lowest BCUT2D eigenvalue weighted by Crippen LogP contribution is -2.22. The van der Waals surface area contributed by atoms with Gasteiger partial charge < -0.3 is 9.80 Å². The van der Waals surface area contributed by atoms with Gasteiger partial charge in [0.15, 0.2) is 0 Å². The number of hydrogen-bond acceptors (Lipinski definition) is 5. The first-order chi connectivity index (χ1) is 24.3. The van der Waals surface area contributed by atoms with Crippen molar-refractivity contribution in [3.63, 3.8) is 0 Å². The first kappa shape index (κ1) is 33.4. The molecule has 0 radical (unpaired) electrons. The highest BCUT2D eigenvalue weighted by atomic mass is 32.1. The van der Waals surface area contributed by atoms with Crippen LogP contribution in [-0.2, 0) is 6.54 Å². The van der Waals surface area contributed by atoms with E-state index in [0.717, 1.165) is 75.3 Å². The van der Waals surface area contributed by atoms with Crippen molar-refractivity contribution in [2.75, 3.05) is 22.9 Å². The third-order valence-electron chi connectivity index (χ3n) is 8.79. The third-order valence-corrected chi connectivity index (χ3v) is 9.31. The Hall–Kier alpha value is -5.08. The van der Waals surface area contributed by atoms with Crippen LogP contribution in [0.1, 0.15) is 41.5 Å². The highest BCUT2D eigenvalue weighted by molar-refractivity contribution is 7.00. The van der Waals surface area contributed by atoms with E-state index in [1.54, 1.807) is 0 Å². The van der Waals surface area contributed by atoms with Crippen LogP contribution in [0.3, 0.4) is 0 Å². The van der Waals surface area contributed by atoms with Gasteiger partial charge in [0, 0.05) is 58.0 Å². The van der Waals surface area contributed by atoms with Crippen molar-refractivity contribution in [2.45, 2.75) is 48.1 Å². The van der Waals surface area contributed by atoms with Crippen molar-refractivity contribution in [2.24, 2.45) is 17.8 Å². The zero-order valence-corrected chi connectivity index (χ0v) is 30.6. The molecule has 0 aliphatic rings. The first-order valence-electron chi connectivity index (χ1n) is 17.7. The van der Waals surface area contributed by atoms with Crippen LogP contribution in [0, 0.1) is 17.8 Å². The molecule has 8 heteroatoms. The Balaban J connectivity index is 1.34. The fourth-order valence-corrected chi connectivity index (χ4v) is 7.22. The Morgan fingerprint density at radius 2 is 0.980 bits per heavy atom. The lowest BCUT2D eigenvalue weighted by atomic mass is 9.95. The summed E-state index contributed by atoms with van der Waals surface area (Å²) >= 11 is 1.24. The average molecular weight is 680 g/mol. The van der Waals surface area contributed by atoms with Crippen LogP contribution in [0.15, 0.2) is 109 Å². The molecule has 2 aromatic heterocycles. The third kappa shape index (κ3) is 6.85. The van der Waals surface area contributed by atoms with E-state index in [-0.39, 0.29) is 0 Å². The molecule has 7 rings (SSSR count). The maximum Gasteiger partial charge on any atom is 0.279 e. The van der Waals surface area contributed by atoms with E-state index in [9.17, 15) is 0 Å². The number of rotatable bonds is 12. The van der Waals surface area contributed by atoms with Crippen molar-refractivity contribution in [3.8, 4) is 22.3 Å². The maximum atomic E-state index is 5.13. The van der Waals surface area contributed by atoms with Crippen LogP contribution in [-0.4, -0.2) is 32.5 Å². The zero-order chi connectivity index (χ0) is 34.8. The van der Waals surface area contributed by atoms with Gasteiger partial charge in [0.25, 0.3) is 11.7 Å². The molecule has 0 N–H and O–H groups in total. The number of hydrogen-bond donors (Lipinski definition) is 0. The molecule has 0 saturated heterocycles. The summed E-state index contributed by atoms with van der Waals surface area (Å²) in [5.41, 5.74) is 12.2. The molecule has 254 valence electrons. The number of fused-ring (bicyclic) bond motifs is 2. The Morgan fingerprint density at radius 3 is 1.44 bits per heavy atom. The molecule has 0 saturated carbocycles. The van der Waals surface area contributed by atoms with Crippen LogP contribution in [0.2, 0.25) is 0 Å². The molecule has 0 aliphatic heterocycles. The summed E-state index contributed by atoms with van der Waals surface area (Å²) in [6, 6.07) is 38.8. The predicted molar refractivity (Wildman–Crippen MR) is 211 cm³/mol. The Kier molecular flexibility index (Phi) is 9.63. The van der Waals surface area contributed by atoms with E-state index in [0.29, 0.717) is 17.8 Å². The zero-order valence-electron chi connectivity index (χ0n) is 29.8. The van der Waals surface area contributed by atoms with Crippen LogP contribution < -0.4 is 14.2 Å². The first-order valence-corrected chi connectivity index (χ1v) is 18.4. The minimum absolute atomic E-state index is 0.397. The minimum Gasteiger partial charge on any atom is -0.341 e. The lowest BCUT2D eigenvalue weighted by molar-refractivity contribution is 0.442. The SMILES string of the molecule is CC(C)CN(c1ccccc1)c1ccc(-c2c3nn(CC(C)C)nc3c(-c3ccc(N(CC(C)C)c4ccccc4)cc3)c3[n-][s+]nc23)cc1. The van der Waals surface area contributed by atoms with Gasteiger partial charge in [0.05, 0.1) is 6.54 Å². The molecule has 0 fully saturated rings. The van der Waals surface area contributed by atoms with Gasteiger partial charge in [-0.1, -0.05) is 102 Å². The van der Waals surface area contributed by atoms with Gasteiger partial charge in [-0.25, -0.2) is 0 Å². The largest absolute Gasteiger partial charge is 0.341 e. The normalized spacial score (nSPS) is 11.8. The van der Waals surface area contributed by atoms with Crippen LogP contribution in [0.4, 0.5) is 22.7 Å². The molecule has 0 unspecified atom stereocenters. The number of anilines is 4. The van der Waals surface area contributed by atoms with Crippen LogP contribution in [0.25, 0.3) is 44.3 Å². The quantitative estimate of drug-likeness (QED) is 0.120. The van der Waals surface area contributed by atoms with Gasteiger partial charge in [-0.05, 0) is 77.4 Å². The molecule has 2 heterocycles. The Morgan fingerprint density at radius 1 is 0.540 bits per heavy atom. The highest BCUT2D eigenvalue weighted by Crippen LogP contribution is 2.42. The van der Waals surface area contributed by atoms with E-state index in [1.165, 1.54) is 23.1 Å².